The van der Waals surface area contributed by atoms with E-state index in [4.69, 9.17) is 17.0 Å². The van der Waals surface area contributed by atoms with Gasteiger partial charge in [0, 0.05) is 23.5 Å². The number of hydrogen-bond acceptors (Lipinski definition) is 5. The SMILES string of the molecule is Cc1ccc(COc2ccc3ccccc3c2CNn2c(-c3ccncc3)n[nH]c2=S)cc1. The molecule has 5 rings (SSSR count). The Balaban J connectivity index is 1.46. The average molecular weight is 454 g/mol. The van der Waals surface area contributed by atoms with Gasteiger partial charge in [-0.15, -0.1) is 0 Å². The predicted octanol–water partition coefficient (Wildman–Crippen LogP) is 5.79. The average Bonchev–Trinajstić information content (AvgIpc) is 3.23. The summed E-state index contributed by atoms with van der Waals surface area (Å²) in [6.45, 7) is 3.09. The molecule has 0 aliphatic rings. The van der Waals surface area contributed by atoms with Gasteiger partial charge in [0.1, 0.15) is 12.4 Å². The van der Waals surface area contributed by atoms with Crippen LogP contribution in [0.4, 0.5) is 0 Å². The van der Waals surface area contributed by atoms with E-state index in [2.05, 4.69) is 70.0 Å². The lowest BCUT2D eigenvalue weighted by atomic mass is 10.0. The van der Waals surface area contributed by atoms with Gasteiger partial charge in [0.15, 0.2) is 5.82 Å². The standard InChI is InChI=1S/C26H23N5OS/c1-18-6-8-19(9-7-18)17-32-24-11-10-20-4-2-3-5-22(20)23(24)16-28-31-25(29-30-26(31)33)21-12-14-27-15-13-21/h2-15,28H,16-17H2,1H3,(H,30,33). The maximum absolute atomic E-state index is 6.28. The highest BCUT2D eigenvalue weighted by atomic mass is 32.1. The quantitative estimate of drug-likeness (QED) is 0.306. The number of aromatic amines is 1. The van der Waals surface area contributed by atoms with Gasteiger partial charge in [0.25, 0.3) is 0 Å². The van der Waals surface area contributed by atoms with Gasteiger partial charge in [-0.2, -0.15) is 5.10 Å². The molecule has 0 saturated heterocycles. The largest absolute Gasteiger partial charge is 0.489 e. The minimum absolute atomic E-state index is 0.490. The van der Waals surface area contributed by atoms with Gasteiger partial charge in [0.2, 0.25) is 4.77 Å². The molecule has 33 heavy (non-hydrogen) atoms. The highest BCUT2D eigenvalue weighted by Crippen LogP contribution is 2.29. The number of H-pyrrole nitrogens is 1. The zero-order valence-corrected chi connectivity index (χ0v) is 19.0. The second kappa shape index (κ2) is 9.26. The van der Waals surface area contributed by atoms with E-state index in [1.54, 1.807) is 17.1 Å². The number of aryl methyl sites for hydroxylation is 1. The summed E-state index contributed by atoms with van der Waals surface area (Å²) >= 11 is 5.48. The zero-order valence-electron chi connectivity index (χ0n) is 18.2. The van der Waals surface area contributed by atoms with Gasteiger partial charge in [-0.25, -0.2) is 9.77 Å². The van der Waals surface area contributed by atoms with Gasteiger partial charge in [0.05, 0.1) is 6.54 Å². The van der Waals surface area contributed by atoms with Crippen molar-refractivity contribution < 1.29 is 4.74 Å². The lowest BCUT2D eigenvalue weighted by Crippen LogP contribution is -2.17. The van der Waals surface area contributed by atoms with Crippen molar-refractivity contribution >= 4 is 23.0 Å². The summed E-state index contributed by atoms with van der Waals surface area (Å²) in [6, 6.07) is 24.6. The van der Waals surface area contributed by atoms with Crippen LogP contribution in [0.3, 0.4) is 0 Å². The van der Waals surface area contributed by atoms with Gasteiger partial charge >= 0.3 is 0 Å². The minimum atomic E-state index is 0.490. The Bertz CT molecular complexity index is 1440. The summed E-state index contributed by atoms with van der Waals surface area (Å²) in [5, 5.41) is 9.55. The normalized spacial score (nSPS) is 10.9. The summed E-state index contributed by atoms with van der Waals surface area (Å²) in [5.41, 5.74) is 7.77. The molecule has 3 aromatic carbocycles. The molecular weight excluding hydrogens is 430 g/mol. The smallest absolute Gasteiger partial charge is 0.214 e. The second-order valence-electron chi connectivity index (χ2n) is 7.80. The monoisotopic (exact) mass is 453 g/mol. The number of fused-ring (bicyclic) bond motifs is 1. The number of rotatable bonds is 7. The number of benzene rings is 3. The summed E-state index contributed by atoms with van der Waals surface area (Å²) in [5.74, 6) is 1.53. The lowest BCUT2D eigenvalue weighted by Gasteiger charge is -2.17. The van der Waals surface area contributed by atoms with Crippen molar-refractivity contribution in [3.63, 3.8) is 0 Å². The van der Waals surface area contributed by atoms with Crippen LogP contribution in [-0.4, -0.2) is 19.9 Å². The Hall–Kier alpha value is -3.97. The summed E-state index contributed by atoms with van der Waals surface area (Å²) in [6.07, 6.45) is 3.47. The van der Waals surface area contributed by atoms with Crippen LogP contribution >= 0.6 is 12.2 Å². The third kappa shape index (κ3) is 4.49. The van der Waals surface area contributed by atoms with Gasteiger partial charge < -0.3 is 10.2 Å². The van der Waals surface area contributed by atoms with Crippen LogP contribution in [-0.2, 0) is 13.2 Å². The Kier molecular flexibility index (Phi) is 5.87. The van der Waals surface area contributed by atoms with Crippen molar-refractivity contribution in [2.24, 2.45) is 0 Å². The molecule has 2 N–H and O–H groups in total. The zero-order chi connectivity index (χ0) is 22.6. The van der Waals surface area contributed by atoms with Crippen molar-refractivity contribution in [1.82, 2.24) is 19.9 Å². The minimum Gasteiger partial charge on any atom is -0.489 e. The molecule has 0 saturated carbocycles. The van der Waals surface area contributed by atoms with Crippen molar-refractivity contribution in [3.05, 3.63) is 107 Å². The number of nitrogens with one attached hydrogen (secondary N) is 2. The Morgan fingerprint density at radius 3 is 2.58 bits per heavy atom. The van der Waals surface area contributed by atoms with Crippen molar-refractivity contribution in [3.8, 4) is 17.1 Å². The number of nitrogens with zero attached hydrogens (tertiary/aromatic N) is 3. The number of pyridine rings is 1. The number of ether oxygens (including phenoxy) is 1. The molecule has 0 spiro atoms. The molecular formula is C26H23N5OS. The predicted molar refractivity (Wildman–Crippen MR) is 133 cm³/mol. The Labute approximate surface area is 196 Å². The van der Waals surface area contributed by atoms with Crippen molar-refractivity contribution in [2.45, 2.75) is 20.1 Å². The summed E-state index contributed by atoms with van der Waals surface area (Å²) < 4.78 is 8.56. The molecule has 0 amide bonds. The Morgan fingerprint density at radius 2 is 1.76 bits per heavy atom. The first-order valence-electron chi connectivity index (χ1n) is 10.7. The second-order valence-corrected chi connectivity index (χ2v) is 8.18. The van der Waals surface area contributed by atoms with E-state index in [1.807, 2.05) is 30.3 Å². The van der Waals surface area contributed by atoms with Gasteiger partial charge in [-0.1, -0.05) is 60.2 Å². The topological polar surface area (TPSA) is 67.8 Å². The van der Waals surface area contributed by atoms with Crippen LogP contribution in [0.2, 0.25) is 0 Å². The van der Waals surface area contributed by atoms with Crippen LogP contribution < -0.4 is 10.2 Å². The molecule has 6 nitrogen and oxygen atoms in total. The maximum atomic E-state index is 6.28. The molecule has 7 heteroatoms. The first-order valence-corrected chi connectivity index (χ1v) is 11.1. The molecule has 0 aliphatic heterocycles. The molecule has 2 aromatic heterocycles. The van der Waals surface area contributed by atoms with Crippen LogP contribution in [0.25, 0.3) is 22.2 Å². The fraction of sp³-hybridized carbons (Fsp3) is 0.115. The molecule has 164 valence electrons. The molecule has 0 aliphatic carbocycles. The third-order valence-electron chi connectivity index (χ3n) is 5.54. The molecule has 5 aromatic rings. The van der Waals surface area contributed by atoms with Crippen LogP contribution in [0.1, 0.15) is 16.7 Å². The fourth-order valence-corrected chi connectivity index (χ4v) is 3.97. The number of hydrogen-bond donors (Lipinski definition) is 2. The van der Waals surface area contributed by atoms with E-state index in [0.29, 0.717) is 23.7 Å². The highest BCUT2D eigenvalue weighted by molar-refractivity contribution is 7.71. The van der Waals surface area contributed by atoms with Gasteiger partial charge in [-0.05, 0) is 53.7 Å². The molecule has 0 bridgehead atoms. The van der Waals surface area contributed by atoms with Crippen molar-refractivity contribution in [2.75, 3.05) is 5.43 Å². The van der Waals surface area contributed by atoms with Crippen LogP contribution in [0.15, 0.2) is 85.2 Å². The van der Waals surface area contributed by atoms with E-state index < -0.39 is 0 Å². The molecule has 0 fully saturated rings. The highest BCUT2D eigenvalue weighted by Gasteiger charge is 2.13. The Morgan fingerprint density at radius 1 is 0.970 bits per heavy atom. The number of aromatic nitrogens is 4. The summed E-state index contributed by atoms with van der Waals surface area (Å²) in [4.78, 5) is 4.09. The molecule has 0 unspecified atom stereocenters. The van der Waals surface area contributed by atoms with Crippen LogP contribution in [0.5, 0.6) is 5.75 Å². The van der Waals surface area contributed by atoms with Crippen molar-refractivity contribution in [1.29, 1.82) is 0 Å². The van der Waals surface area contributed by atoms with E-state index in [-0.39, 0.29) is 0 Å². The first kappa shape index (κ1) is 20.9. The molecule has 0 atom stereocenters. The van der Waals surface area contributed by atoms with E-state index in [1.165, 1.54) is 5.56 Å². The van der Waals surface area contributed by atoms with Gasteiger partial charge in [-0.3, -0.25) is 4.98 Å². The third-order valence-corrected chi connectivity index (χ3v) is 5.81. The van der Waals surface area contributed by atoms with E-state index in [9.17, 15) is 0 Å². The summed E-state index contributed by atoms with van der Waals surface area (Å²) in [7, 11) is 0. The fourth-order valence-electron chi connectivity index (χ4n) is 3.78. The molecule has 2 heterocycles. The maximum Gasteiger partial charge on any atom is 0.214 e. The molecule has 0 radical (unpaired) electrons. The van der Waals surface area contributed by atoms with E-state index in [0.717, 1.165) is 33.2 Å². The lowest BCUT2D eigenvalue weighted by molar-refractivity contribution is 0.303. The van der Waals surface area contributed by atoms with E-state index >= 15 is 0 Å². The van der Waals surface area contributed by atoms with Crippen LogP contribution in [0, 0.1) is 11.7 Å². The first-order chi connectivity index (χ1) is 16.2.